The molecule has 1 aromatic carbocycles. The zero-order valence-electron chi connectivity index (χ0n) is 16.5. The third kappa shape index (κ3) is 3.90. The Morgan fingerprint density at radius 2 is 1.93 bits per heavy atom. The van der Waals surface area contributed by atoms with Crippen LogP contribution in [0, 0.1) is 19.3 Å². The third-order valence-corrected chi connectivity index (χ3v) is 6.23. The lowest BCUT2D eigenvalue weighted by Crippen LogP contribution is -2.48. The second-order valence-electron chi connectivity index (χ2n) is 8.33. The number of fused-ring (bicyclic) bond motifs is 1. The number of furan rings is 1. The van der Waals surface area contributed by atoms with Crippen LogP contribution < -0.4 is 5.32 Å². The summed E-state index contributed by atoms with van der Waals surface area (Å²) in [7, 11) is 0. The number of amides is 1. The maximum absolute atomic E-state index is 12.9. The van der Waals surface area contributed by atoms with Crippen molar-refractivity contribution in [2.75, 3.05) is 39.4 Å². The molecule has 2 saturated heterocycles. The first kappa shape index (κ1) is 18.5. The normalized spacial score (nSPS) is 20.2. The Morgan fingerprint density at radius 3 is 2.67 bits per heavy atom. The van der Waals surface area contributed by atoms with E-state index in [1.807, 2.05) is 19.1 Å². The number of aryl methyl sites for hydroxylation is 2. The topological polar surface area (TPSA) is 54.7 Å². The van der Waals surface area contributed by atoms with E-state index in [2.05, 4.69) is 23.2 Å². The van der Waals surface area contributed by atoms with E-state index in [-0.39, 0.29) is 11.3 Å². The zero-order chi connectivity index (χ0) is 18.9. The summed E-state index contributed by atoms with van der Waals surface area (Å²) in [5, 5.41) is 4.21. The van der Waals surface area contributed by atoms with E-state index in [9.17, 15) is 4.79 Å². The van der Waals surface area contributed by atoms with Crippen molar-refractivity contribution in [3.8, 4) is 0 Å². The summed E-state index contributed by atoms with van der Waals surface area (Å²) >= 11 is 0. The van der Waals surface area contributed by atoms with E-state index in [4.69, 9.17) is 9.15 Å². The molecule has 27 heavy (non-hydrogen) atoms. The van der Waals surface area contributed by atoms with Gasteiger partial charge in [0.05, 0.1) is 0 Å². The fraction of sp³-hybridized carbons (Fsp3) is 0.591. The van der Waals surface area contributed by atoms with Gasteiger partial charge in [0, 0.05) is 42.7 Å². The molecule has 1 amide bonds. The van der Waals surface area contributed by atoms with Crippen molar-refractivity contribution in [3.63, 3.8) is 0 Å². The molecule has 5 nitrogen and oxygen atoms in total. The standard InChI is InChI=1S/C22H30N2O3/c1-16-5-6-19-18(13-16)17(2)20(27-19)21(25)23-14-22(7-11-26-12-8-22)15-24-9-3-4-10-24/h5-6,13H,3-4,7-12,14-15H2,1-2H3,(H,23,25). The summed E-state index contributed by atoms with van der Waals surface area (Å²) < 4.78 is 11.5. The molecule has 5 heteroatoms. The predicted molar refractivity (Wildman–Crippen MR) is 106 cm³/mol. The molecular formula is C22H30N2O3. The molecule has 2 aromatic rings. The minimum atomic E-state index is -0.103. The van der Waals surface area contributed by atoms with Crippen LogP contribution in [0.5, 0.6) is 0 Å². The monoisotopic (exact) mass is 370 g/mol. The van der Waals surface area contributed by atoms with E-state index < -0.39 is 0 Å². The molecule has 2 fully saturated rings. The van der Waals surface area contributed by atoms with Gasteiger partial charge >= 0.3 is 0 Å². The van der Waals surface area contributed by atoms with Crippen LogP contribution in [0.1, 0.15) is 47.4 Å². The Bertz CT molecular complexity index is 814. The summed E-state index contributed by atoms with van der Waals surface area (Å²) in [6, 6.07) is 6.04. The van der Waals surface area contributed by atoms with Crippen LogP contribution in [0.4, 0.5) is 0 Å². The van der Waals surface area contributed by atoms with Crippen LogP contribution in [-0.4, -0.2) is 50.2 Å². The largest absolute Gasteiger partial charge is 0.451 e. The van der Waals surface area contributed by atoms with Gasteiger partial charge in [-0.3, -0.25) is 4.79 Å². The predicted octanol–water partition coefficient (Wildman–Crippen LogP) is 3.67. The van der Waals surface area contributed by atoms with Crippen molar-refractivity contribution in [1.82, 2.24) is 10.2 Å². The van der Waals surface area contributed by atoms with Gasteiger partial charge in [-0.15, -0.1) is 0 Å². The first-order chi connectivity index (χ1) is 13.1. The molecule has 0 radical (unpaired) electrons. The number of hydrogen-bond acceptors (Lipinski definition) is 4. The lowest BCUT2D eigenvalue weighted by molar-refractivity contribution is -0.000747. The zero-order valence-corrected chi connectivity index (χ0v) is 16.5. The smallest absolute Gasteiger partial charge is 0.287 e. The Morgan fingerprint density at radius 1 is 1.19 bits per heavy atom. The van der Waals surface area contributed by atoms with Gasteiger partial charge in [0.25, 0.3) is 5.91 Å². The number of carbonyl (C=O) groups excluding carboxylic acids is 1. The Hall–Kier alpha value is -1.85. The number of rotatable bonds is 5. The van der Waals surface area contributed by atoms with E-state index in [0.717, 1.165) is 49.1 Å². The first-order valence-corrected chi connectivity index (χ1v) is 10.1. The van der Waals surface area contributed by atoms with Crippen LogP contribution in [0.15, 0.2) is 22.6 Å². The maximum Gasteiger partial charge on any atom is 0.287 e. The Kier molecular flexibility index (Phi) is 5.24. The molecule has 0 bridgehead atoms. The van der Waals surface area contributed by atoms with Gasteiger partial charge in [-0.1, -0.05) is 11.6 Å². The van der Waals surface area contributed by atoms with Crippen molar-refractivity contribution in [2.24, 2.45) is 5.41 Å². The minimum absolute atomic E-state index is 0.103. The summed E-state index contributed by atoms with van der Waals surface area (Å²) in [6.45, 7) is 9.68. The fourth-order valence-electron chi connectivity index (χ4n) is 4.51. The quantitative estimate of drug-likeness (QED) is 0.872. The van der Waals surface area contributed by atoms with Crippen LogP contribution in [0.25, 0.3) is 11.0 Å². The molecule has 1 N–H and O–H groups in total. The van der Waals surface area contributed by atoms with Gasteiger partial charge < -0.3 is 19.4 Å². The number of carbonyl (C=O) groups is 1. The summed E-state index contributed by atoms with van der Waals surface area (Å²) in [4.78, 5) is 15.4. The highest BCUT2D eigenvalue weighted by Gasteiger charge is 2.36. The SMILES string of the molecule is Cc1ccc2oc(C(=O)NCC3(CN4CCCC4)CCOCC3)c(C)c2c1. The second kappa shape index (κ2) is 7.64. The minimum Gasteiger partial charge on any atom is -0.451 e. The molecule has 2 aliphatic heterocycles. The third-order valence-electron chi connectivity index (χ3n) is 6.23. The molecule has 0 aliphatic carbocycles. The average Bonchev–Trinajstić information content (AvgIpc) is 3.29. The van der Waals surface area contributed by atoms with Crippen molar-refractivity contribution >= 4 is 16.9 Å². The highest BCUT2D eigenvalue weighted by atomic mass is 16.5. The van der Waals surface area contributed by atoms with Gasteiger partial charge in [-0.05, 0) is 64.8 Å². The number of nitrogens with one attached hydrogen (secondary N) is 1. The highest BCUT2D eigenvalue weighted by molar-refractivity contribution is 5.99. The number of nitrogens with zero attached hydrogens (tertiary/aromatic N) is 1. The number of ether oxygens (including phenoxy) is 1. The van der Waals surface area contributed by atoms with Crippen LogP contribution in [0.2, 0.25) is 0 Å². The van der Waals surface area contributed by atoms with Crippen LogP contribution >= 0.6 is 0 Å². The number of benzene rings is 1. The molecule has 146 valence electrons. The lowest BCUT2D eigenvalue weighted by atomic mass is 9.79. The summed E-state index contributed by atoms with van der Waals surface area (Å²) in [6.07, 6.45) is 4.58. The molecule has 2 aliphatic rings. The molecule has 0 saturated carbocycles. The first-order valence-electron chi connectivity index (χ1n) is 10.1. The number of hydrogen-bond donors (Lipinski definition) is 1. The van der Waals surface area contributed by atoms with E-state index in [1.54, 1.807) is 0 Å². The van der Waals surface area contributed by atoms with Gasteiger partial charge in [-0.2, -0.15) is 0 Å². The van der Waals surface area contributed by atoms with Gasteiger partial charge in [0.1, 0.15) is 5.58 Å². The van der Waals surface area contributed by atoms with Gasteiger partial charge in [0.2, 0.25) is 0 Å². The molecular weight excluding hydrogens is 340 g/mol. The lowest BCUT2D eigenvalue weighted by Gasteiger charge is -2.40. The van der Waals surface area contributed by atoms with Crippen molar-refractivity contribution < 1.29 is 13.9 Å². The van der Waals surface area contributed by atoms with Crippen LogP contribution in [-0.2, 0) is 4.74 Å². The summed E-state index contributed by atoms with van der Waals surface area (Å²) in [5.74, 6) is 0.340. The molecule has 4 rings (SSSR count). The molecule has 0 unspecified atom stereocenters. The fourth-order valence-corrected chi connectivity index (χ4v) is 4.51. The highest BCUT2D eigenvalue weighted by Crippen LogP contribution is 2.32. The van der Waals surface area contributed by atoms with E-state index in [0.29, 0.717) is 12.3 Å². The Labute approximate surface area is 161 Å². The van der Waals surface area contributed by atoms with E-state index in [1.165, 1.54) is 31.5 Å². The molecule has 0 atom stereocenters. The molecule has 3 heterocycles. The Balaban J connectivity index is 1.48. The molecule has 1 aromatic heterocycles. The van der Waals surface area contributed by atoms with Crippen molar-refractivity contribution in [1.29, 1.82) is 0 Å². The van der Waals surface area contributed by atoms with Gasteiger partial charge in [-0.25, -0.2) is 0 Å². The average molecular weight is 370 g/mol. The van der Waals surface area contributed by atoms with Crippen molar-refractivity contribution in [2.45, 2.75) is 39.5 Å². The van der Waals surface area contributed by atoms with Crippen LogP contribution in [0.3, 0.4) is 0 Å². The molecule has 0 spiro atoms. The van der Waals surface area contributed by atoms with Crippen molar-refractivity contribution in [3.05, 3.63) is 35.1 Å². The maximum atomic E-state index is 12.9. The second-order valence-corrected chi connectivity index (χ2v) is 8.33. The summed E-state index contributed by atoms with van der Waals surface area (Å²) in [5.41, 5.74) is 2.98. The van der Waals surface area contributed by atoms with Gasteiger partial charge in [0.15, 0.2) is 5.76 Å². The number of likely N-dealkylation sites (tertiary alicyclic amines) is 1. The van der Waals surface area contributed by atoms with E-state index >= 15 is 0 Å².